The van der Waals surface area contributed by atoms with Crippen molar-refractivity contribution in [3.8, 4) is 11.5 Å². The van der Waals surface area contributed by atoms with E-state index in [4.69, 9.17) is 9.47 Å². The van der Waals surface area contributed by atoms with Crippen molar-refractivity contribution >= 4 is 29.2 Å². The Hall–Kier alpha value is -4.65. The first kappa shape index (κ1) is 21.6. The zero-order chi connectivity index (χ0) is 22.9. The Labute approximate surface area is 191 Å². The smallest absolute Gasteiger partial charge is 0.343 e. The number of azo groups is 1. The molecule has 0 aliphatic rings. The number of ether oxygens (including phenoxy) is 2. The van der Waals surface area contributed by atoms with Crippen molar-refractivity contribution < 1.29 is 14.3 Å². The molecule has 0 spiro atoms. The molecule has 0 radical (unpaired) electrons. The number of benzene rings is 3. The molecule has 0 aliphatic heterocycles. The van der Waals surface area contributed by atoms with Crippen molar-refractivity contribution in [2.24, 2.45) is 15.2 Å². The average molecular weight is 436 g/mol. The highest BCUT2D eigenvalue weighted by Crippen LogP contribution is 2.29. The number of aliphatic imine (C=N–C) groups is 1. The lowest BCUT2D eigenvalue weighted by atomic mass is 10.2. The molecule has 0 bridgehead atoms. The number of esters is 1. The third-order valence-electron chi connectivity index (χ3n) is 4.56. The van der Waals surface area contributed by atoms with E-state index < -0.39 is 5.97 Å². The maximum atomic E-state index is 12.3. The molecule has 7 heteroatoms. The lowest BCUT2D eigenvalue weighted by Crippen LogP contribution is -2.09. The van der Waals surface area contributed by atoms with Gasteiger partial charge in [0.2, 0.25) is 0 Å². The fourth-order valence-corrected chi connectivity index (χ4v) is 2.86. The third-order valence-corrected chi connectivity index (χ3v) is 4.56. The van der Waals surface area contributed by atoms with Gasteiger partial charge in [0.25, 0.3) is 0 Å². The van der Waals surface area contributed by atoms with Crippen LogP contribution in [0.25, 0.3) is 0 Å². The summed E-state index contributed by atoms with van der Waals surface area (Å²) in [7, 11) is 1.52. The molecule has 0 aliphatic carbocycles. The number of carbonyl (C=O) groups is 1. The van der Waals surface area contributed by atoms with Crippen molar-refractivity contribution in [3.05, 3.63) is 108 Å². The second-order valence-corrected chi connectivity index (χ2v) is 6.85. The van der Waals surface area contributed by atoms with E-state index in [0.29, 0.717) is 17.1 Å². The molecule has 0 fully saturated rings. The van der Waals surface area contributed by atoms with Crippen LogP contribution in [0.5, 0.6) is 11.5 Å². The Morgan fingerprint density at radius 2 is 1.45 bits per heavy atom. The molecular weight excluding hydrogens is 416 g/mol. The topological polar surface area (TPSA) is 85.5 Å². The fraction of sp³-hybridized carbons (Fsp3) is 0.0385. The van der Waals surface area contributed by atoms with Crippen LogP contribution in [0.3, 0.4) is 0 Å². The minimum absolute atomic E-state index is 0.324. The van der Waals surface area contributed by atoms with Crippen molar-refractivity contribution in [3.63, 3.8) is 0 Å². The van der Waals surface area contributed by atoms with Crippen molar-refractivity contribution in [1.82, 2.24) is 4.98 Å². The number of aromatic nitrogens is 1. The van der Waals surface area contributed by atoms with E-state index in [1.807, 2.05) is 54.6 Å². The number of pyridine rings is 1. The van der Waals surface area contributed by atoms with E-state index in [1.54, 1.807) is 36.5 Å². The van der Waals surface area contributed by atoms with E-state index in [-0.39, 0.29) is 0 Å². The quantitative estimate of drug-likeness (QED) is 0.144. The fourth-order valence-electron chi connectivity index (χ4n) is 2.86. The number of hydrogen-bond donors (Lipinski definition) is 0. The van der Waals surface area contributed by atoms with Crippen molar-refractivity contribution in [2.75, 3.05) is 7.11 Å². The molecule has 0 amide bonds. The Balaban J connectivity index is 1.42. The van der Waals surface area contributed by atoms with E-state index in [0.717, 1.165) is 22.6 Å². The van der Waals surface area contributed by atoms with Crippen LogP contribution in [0.1, 0.15) is 15.9 Å². The summed E-state index contributed by atoms with van der Waals surface area (Å²) in [5.41, 5.74) is 3.50. The second kappa shape index (κ2) is 10.6. The van der Waals surface area contributed by atoms with Gasteiger partial charge in [-0.15, -0.1) is 0 Å². The van der Waals surface area contributed by atoms with Gasteiger partial charge in [-0.1, -0.05) is 18.2 Å². The van der Waals surface area contributed by atoms with Gasteiger partial charge in [0, 0.05) is 18.6 Å². The molecule has 0 unspecified atom stereocenters. The van der Waals surface area contributed by atoms with Gasteiger partial charge in [-0.3, -0.25) is 9.98 Å². The molecule has 33 heavy (non-hydrogen) atoms. The number of methoxy groups -OCH3 is 1. The van der Waals surface area contributed by atoms with Gasteiger partial charge in [-0.2, -0.15) is 10.2 Å². The summed E-state index contributed by atoms with van der Waals surface area (Å²) in [5, 5.41) is 8.43. The predicted molar refractivity (Wildman–Crippen MR) is 127 cm³/mol. The van der Waals surface area contributed by atoms with Crippen LogP contribution in [0.15, 0.2) is 113 Å². The average Bonchev–Trinajstić information content (AvgIpc) is 2.88. The first-order valence-corrected chi connectivity index (χ1v) is 10.1. The van der Waals surface area contributed by atoms with Crippen molar-refractivity contribution in [2.45, 2.75) is 0 Å². The zero-order valence-corrected chi connectivity index (χ0v) is 17.8. The Bertz CT molecular complexity index is 1270. The first-order valence-electron chi connectivity index (χ1n) is 10.1. The molecule has 0 N–H and O–H groups in total. The predicted octanol–water partition coefficient (Wildman–Crippen LogP) is 6.48. The summed E-state index contributed by atoms with van der Waals surface area (Å²) in [6, 6.07) is 25.4. The molecule has 162 valence electrons. The summed E-state index contributed by atoms with van der Waals surface area (Å²) in [6.45, 7) is 0. The van der Waals surface area contributed by atoms with Gasteiger partial charge < -0.3 is 9.47 Å². The van der Waals surface area contributed by atoms with E-state index in [9.17, 15) is 4.79 Å². The maximum absolute atomic E-state index is 12.3. The third kappa shape index (κ3) is 5.95. The van der Waals surface area contributed by atoms with Crippen LogP contribution < -0.4 is 9.47 Å². The highest BCUT2D eigenvalue weighted by Gasteiger charge is 2.12. The minimum atomic E-state index is -0.485. The van der Waals surface area contributed by atoms with Crippen LogP contribution >= 0.6 is 0 Å². The molecule has 0 saturated carbocycles. The monoisotopic (exact) mass is 436 g/mol. The van der Waals surface area contributed by atoms with E-state index in [1.165, 1.54) is 19.5 Å². The van der Waals surface area contributed by atoms with Gasteiger partial charge in [0.1, 0.15) is 0 Å². The minimum Gasteiger partial charge on any atom is -0.493 e. The molecule has 3 aromatic carbocycles. The van der Waals surface area contributed by atoms with Crippen LogP contribution in [-0.4, -0.2) is 24.3 Å². The molecular formula is C26H20N4O3. The standard InChI is InChI=1S/C26H20N4O3/c1-32-25-17-19(7-12-24(25)33-26(31)20-13-15-27-16-14-20)18-28-21-8-10-23(11-9-21)30-29-22-5-3-2-4-6-22/h2-18H,1H3. The lowest BCUT2D eigenvalue weighted by molar-refractivity contribution is 0.0729. The Morgan fingerprint density at radius 3 is 2.15 bits per heavy atom. The van der Waals surface area contributed by atoms with E-state index in [2.05, 4.69) is 20.2 Å². The molecule has 0 atom stereocenters. The van der Waals surface area contributed by atoms with E-state index >= 15 is 0 Å². The highest BCUT2D eigenvalue weighted by atomic mass is 16.6. The SMILES string of the molecule is COc1cc(C=Nc2ccc(N=Nc3ccccc3)cc2)ccc1OC(=O)c1ccncc1. The summed E-state index contributed by atoms with van der Waals surface area (Å²) < 4.78 is 10.8. The van der Waals surface area contributed by atoms with Gasteiger partial charge in [0.15, 0.2) is 11.5 Å². The second-order valence-electron chi connectivity index (χ2n) is 6.85. The summed E-state index contributed by atoms with van der Waals surface area (Å²) in [5.74, 6) is 0.268. The first-order chi connectivity index (χ1) is 16.2. The van der Waals surface area contributed by atoms with Crippen molar-refractivity contribution in [1.29, 1.82) is 0 Å². The Morgan fingerprint density at radius 1 is 0.788 bits per heavy atom. The van der Waals surface area contributed by atoms with Gasteiger partial charge in [-0.05, 0) is 72.3 Å². The van der Waals surface area contributed by atoms with Gasteiger partial charge in [0.05, 0.1) is 29.7 Å². The molecule has 7 nitrogen and oxygen atoms in total. The number of hydrogen-bond acceptors (Lipinski definition) is 7. The van der Waals surface area contributed by atoms with Crippen LogP contribution in [0.2, 0.25) is 0 Å². The van der Waals surface area contributed by atoms with Crippen LogP contribution in [0, 0.1) is 0 Å². The zero-order valence-electron chi connectivity index (χ0n) is 17.8. The molecule has 1 heterocycles. The highest BCUT2D eigenvalue weighted by molar-refractivity contribution is 5.91. The summed E-state index contributed by atoms with van der Waals surface area (Å²) >= 11 is 0. The number of rotatable bonds is 7. The molecule has 4 aromatic rings. The summed E-state index contributed by atoms with van der Waals surface area (Å²) in [4.78, 5) is 20.7. The maximum Gasteiger partial charge on any atom is 0.343 e. The van der Waals surface area contributed by atoms with Gasteiger partial charge >= 0.3 is 5.97 Å². The number of carbonyl (C=O) groups excluding carboxylic acids is 1. The molecule has 1 aromatic heterocycles. The lowest BCUT2D eigenvalue weighted by Gasteiger charge is -2.09. The summed E-state index contributed by atoms with van der Waals surface area (Å²) in [6.07, 6.45) is 4.77. The van der Waals surface area contributed by atoms with Crippen LogP contribution in [0.4, 0.5) is 17.1 Å². The van der Waals surface area contributed by atoms with Crippen LogP contribution in [-0.2, 0) is 0 Å². The number of nitrogens with zero attached hydrogens (tertiary/aromatic N) is 4. The van der Waals surface area contributed by atoms with Gasteiger partial charge in [-0.25, -0.2) is 4.79 Å². The largest absolute Gasteiger partial charge is 0.493 e. The molecule has 0 saturated heterocycles. The Kier molecular flexibility index (Phi) is 6.92. The normalized spacial score (nSPS) is 11.1. The molecule has 4 rings (SSSR count).